The van der Waals surface area contributed by atoms with E-state index < -0.39 is 6.69 Å². The van der Waals surface area contributed by atoms with Gasteiger partial charge in [0.2, 0.25) is 6.69 Å². The Morgan fingerprint density at radius 1 is 0.480 bits per heavy atom. The first kappa shape index (κ1) is 25.8. The Hall–Kier alpha value is 0.757. The van der Waals surface area contributed by atoms with E-state index in [9.17, 15) is 0 Å². The van der Waals surface area contributed by atoms with Gasteiger partial charge < -0.3 is 5.73 Å². The molecule has 25 heavy (non-hydrogen) atoms. The number of rotatable bonds is 20. The van der Waals surface area contributed by atoms with Crippen molar-refractivity contribution in [2.75, 3.05) is 6.54 Å². The fourth-order valence-electron chi connectivity index (χ4n) is 3.41. The predicted molar refractivity (Wildman–Crippen MR) is 120 cm³/mol. The predicted octanol–water partition coefficient (Wildman–Crippen LogP) is 8.52. The highest BCUT2D eigenvalue weighted by Gasteiger charge is 2.19. The summed E-state index contributed by atoms with van der Waals surface area (Å²) < 4.78 is 0. The summed E-state index contributed by atoms with van der Waals surface area (Å²) in [6.45, 7) is 1.06. The van der Waals surface area contributed by atoms with Gasteiger partial charge in [0.25, 0.3) is 0 Å². The molecule has 0 atom stereocenters. The van der Waals surface area contributed by atoms with Gasteiger partial charge in [-0.15, -0.1) is 22.2 Å². The quantitative estimate of drug-likeness (QED) is 0.121. The molecule has 0 aliphatic rings. The lowest BCUT2D eigenvalue weighted by molar-refractivity contribution is 0.525. The molecule has 0 fully saturated rings. The summed E-state index contributed by atoms with van der Waals surface area (Å²) in [5, 5.41) is 0. The molecule has 0 unspecified atom stereocenters. The molecule has 0 aliphatic heterocycles. The molecule has 1 nitrogen and oxygen atoms in total. The Balaban J connectivity index is 3.01. The fourth-order valence-corrected chi connectivity index (χ4v) is 5.08. The molecule has 0 aromatic carbocycles. The monoisotopic (exact) mass is 409 g/mol. The molecule has 0 rings (SSSR count). The van der Waals surface area contributed by atoms with Crippen molar-refractivity contribution in [1.82, 2.24) is 0 Å². The van der Waals surface area contributed by atoms with Crippen LogP contribution in [0.15, 0.2) is 0 Å². The van der Waals surface area contributed by atoms with Gasteiger partial charge in [0, 0.05) is 0 Å². The van der Waals surface area contributed by atoms with Crippen LogP contribution in [-0.2, 0) is 0 Å². The first-order valence-electron chi connectivity index (χ1n) is 11.1. The normalized spacial score (nSPS) is 12.0. The number of hydrogen-bond acceptors (Lipinski definition) is 1. The minimum absolute atomic E-state index is 0.865. The van der Waals surface area contributed by atoms with Crippen LogP contribution < -0.4 is 5.73 Å². The summed E-state index contributed by atoms with van der Waals surface area (Å²) >= 11 is 12.2. The van der Waals surface area contributed by atoms with Crippen molar-refractivity contribution in [3.63, 3.8) is 0 Å². The van der Waals surface area contributed by atoms with E-state index in [1.165, 1.54) is 116 Å². The van der Waals surface area contributed by atoms with Crippen LogP contribution in [0.5, 0.6) is 0 Å². The summed E-state index contributed by atoms with van der Waals surface area (Å²) in [4.78, 5) is 0. The van der Waals surface area contributed by atoms with Crippen LogP contribution in [0.1, 0.15) is 116 Å². The average Bonchev–Trinajstić information content (AvgIpc) is 2.56. The largest absolute Gasteiger partial charge is 0.330 e. The smallest absolute Gasteiger partial charge is 0.248 e. The van der Waals surface area contributed by atoms with Gasteiger partial charge in [-0.3, -0.25) is 0 Å². The fraction of sp³-hybridized carbons (Fsp3) is 1.00. The summed E-state index contributed by atoms with van der Waals surface area (Å²) in [5.74, 6) is 0. The highest BCUT2D eigenvalue weighted by Crippen LogP contribution is 2.23. The van der Waals surface area contributed by atoms with Crippen LogP contribution >= 0.6 is 22.2 Å². The van der Waals surface area contributed by atoms with Crippen LogP contribution in [0.2, 0.25) is 12.6 Å². The van der Waals surface area contributed by atoms with E-state index in [0.717, 1.165) is 12.6 Å². The highest BCUT2D eigenvalue weighted by atomic mass is 35.7. The van der Waals surface area contributed by atoms with Gasteiger partial charge >= 0.3 is 0 Å². The molecule has 0 aliphatic carbocycles. The van der Waals surface area contributed by atoms with Gasteiger partial charge in [-0.1, -0.05) is 109 Å². The Morgan fingerprint density at radius 3 is 0.960 bits per heavy atom. The van der Waals surface area contributed by atoms with E-state index in [4.69, 9.17) is 27.9 Å². The molecule has 0 saturated carbocycles. The van der Waals surface area contributed by atoms with Crippen molar-refractivity contribution in [3.8, 4) is 0 Å². The third-order valence-corrected chi connectivity index (χ3v) is 7.44. The van der Waals surface area contributed by atoms with Gasteiger partial charge in [-0.2, -0.15) is 0 Å². The zero-order valence-corrected chi connectivity index (χ0v) is 19.5. The van der Waals surface area contributed by atoms with Gasteiger partial charge in [0.1, 0.15) is 0 Å². The van der Waals surface area contributed by atoms with Gasteiger partial charge in [-0.05, 0) is 25.6 Å². The molecule has 0 aromatic rings. The third kappa shape index (κ3) is 24.8. The van der Waals surface area contributed by atoms with Crippen molar-refractivity contribution < 1.29 is 0 Å². The molecule has 0 spiro atoms. The topological polar surface area (TPSA) is 26.0 Å². The van der Waals surface area contributed by atoms with Crippen LogP contribution in [0, 0.1) is 0 Å². The van der Waals surface area contributed by atoms with E-state index in [-0.39, 0.29) is 0 Å². The van der Waals surface area contributed by atoms with Crippen LogP contribution in [-0.4, -0.2) is 13.2 Å². The molecular weight excluding hydrogens is 365 g/mol. The molecule has 0 bridgehead atoms. The molecule has 4 heteroatoms. The number of nitrogens with two attached hydrogens (primary N) is 1. The van der Waals surface area contributed by atoms with Crippen molar-refractivity contribution in [2.24, 2.45) is 5.73 Å². The lowest BCUT2D eigenvalue weighted by Gasteiger charge is -2.09. The first-order chi connectivity index (χ1) is 12.1. The maximum atomic E-state index is 6.12. The molecule has 0 saturated heterocycles. The minimum Gasteiger partial charge on any atom is -0.330 e. The zero-order chi connectivity index (χ0) is 18.6. The number of hydrogen-bond donors (Lipinski definition) is 1. The molecule has 0 amide bonds. The van der Waals surface area contributed by atoms with Crippen molar-refractivity contribution in [3.05, 3.63) is 0 Å². The second-order valence-electron chi connectivity index (χ2n) is 7.97. The minimum atomic E-state index is -1.83. The third-order valence-electron chi connectivity index (χ3n) is 5.07. The summed E-state index contributed by atoms with van der Waals surface area (Å²) in [6.07, 6.45) is 25.1. The van der Waals surface area contributed by atoms with Gasteiger partial charge in [0.05, 0.1) is 0 Å². The van der Waals surface area contributed by atoms with E-state index in [2.05, 4.69) is 0 Å². The standard InChI is InChI=1S/C21H45Cl2NSi/c1-25(22,23)21-19-17-15-13-11-9-7-5-3-2-4-6-8-10-12-14-16-18-20-24/h2-21,24H2,1H3. The Bertz CT molecular complexity index is 257. The molecule has 0 heterocycles. The Morgan fingerprint density at radius 2 is 0.720 bits per heavy atom. The summed E-state index contributed by atoms with van der Waals surface area (Å²) in [7, 11) is 0. The second kappa shape index (κ2) is 19.5. The molecule has 0 aromatic heterocycles. The van der Waals surface area contributed by atoms with Crippen molar-refractivity contribution in [2.45, 2.75) is 128 Å². The van der Waals surface area contributed by atoms with E-state index in [0.29, 0.717) is 0 Å². The molecule has 2 N–H and O–H groups in total. The number of unbranched alkanes of at least 4 members (excludes halogenated alkanes) is 17. The Kier molecular flexibility index (Phi) is 20.1. The number of halogens is 2. The van der Waals surface area contributed by atoms with Crippen LogP contribution in [0.3, 0.4) is 0 Å². The van der Waals surface area contributed by atoms with E-state index in [1.54, 1.807) is 0 Å². The highest BCUT2D eigenvalue weighted by molar-refractivity contribution is 7.44. The van der Waals surface area contributed by atoms with Crippen molar-refractivity contribution >= 4 is 28.9 Å². The Labute approximate surface area is 169 Å². The SMILES string of the molecule is C[Si](Cl)(Cl)CCCCCCCCCCCCCCCCCCCCN. The van der Waals surface area contributed by atoms with E-state index in [1.807, 2.05) is 6.55 Å². The van der Waals surface area contributed by atoms with Crippen LogP contribution in [0.25, 0.3) is 0 Å². The maximum absolute atomic E-state index is 6.12. The van der Waals surface area contributed by atoms with Gasteiger partial charge in [-0.25, -0.2) is 0 Å². The maximum Gasteiger partial charge on any atom is 0.248 e. The first-order valence-corrected chi connectivity index (χ1v) is 15.9. The second-order valence-corrected chi connectivity index (χ2v) is 16.2. The zero-order valence-electron chi connectivity index (χ0n) is 17.0. The summed E-state index contributed by atoms with van der Waals surface area (Å²) in [6, 6.07) is 1.06. The van der Waals surface area contributed by atoms with E-state index >= 15 is 0 Å². The average molecular weight is 411 g/mol. The van der Waals surface area contributed by atoms with Gasteiger partial charge in [0.15, 0.2) is 0 Å². The molecular formula is C21H45Cl2NSi. The lowest BCUT2D eigenvalue weighted by atomic mass is 10.0. The molecule has 0 radical (unpaired) electrons. The molecule has 152 valence electrons. The van der Waals surface area contributed by atoms with Crippen LogP contribution in [0.4, 0.5) is 0 Å². The lowest BCUT2D eigenvalue weighted by Crippen LogP contribution is -2.11. The summed E-state index contributed by atoms with van der Waals surface area (Å²) in [5.41, 5.74) is 5.51. The van der Waals surface area contributed by atoms with Crippen molar-refractivity contribution in [1.29, 1.82) is 0 Å².